The zero-order valence-electron chi connectivity index (χ0n) is 17.5. The number of fused-ring (bicyclic) bond motifs is 2. The summed E-state index contributed by atoms with van der Waals surface area (Å²) in [6.07, 6.45) is 0. The van der Waals surface area contributed by atoms with Gasteiger partial charge in [0.05, 0.1) is 22.3 Å². The summed E-state index contributed by atoms with van der Waals surface area (Å²) >= 11 is 13.5. The fourth-order valence-electron chi connectivity index (χ4n) is 5.64. The predicted octanol–water partition coefficient (Wildman–Crippen LogP) is 6.28. The Bertz CT molecular complexity index is 1650. The lowest BCUT2D eigenvalue weighted by molar-refractivity contribution is 0.0373. The highest BCUT2D eigenvalue weighted by molar-refractivity contribution is 6.51. The number of carbonyl (C=O) groups excluding carboxylic acids is 4. The number of cyclic esters (lactones) is 4. The van der Waals surface area contributed by atoms with Crippen LogP contribution in [-0.4, -0.2) is 23.9 Å². The molecule has 164 valence electrons. The van der Waals surface area contributed by atoms with E-state index in [9.17, 15) is 19.2 Å². The molecule has 6 nitrogen and oxygen atoms in total. The normalized spacial score (nSPS) is 15.2. The fraction of sp³-hybridized carbons (Fsp3) is 0.0769. The van der Waals surface area contributed by atoms with Crippen molar-refractivity contribution in [2.75, 3.05) is 0 Å². The van der Waals surface area contributed by atoms with E-state index in [0.29, 0.717) is 32.3 Å². The first-order chi connectivity index (χ1) is 16.2. The molecule has 0 aromatic heterocycles. The molecule has 8 heteroatoms. The molecular formula is C26H10Cl2O6. The molecule has 0 fully saturated rings. The molecule has 7 rings (SSSR count). The van der Waals surface area contributed by atoms with Crippen molar-refractivity contribution in [3.63, 3.8) is 0 Å². The predicted molar refractivity (Wildman–Crippen MR) is 127 cm³/mol. The van der Waals surface area contributed by atoms with E-state index in [1.54, 1.807) is 12.1 Å². The quantitative estimate of drug-likeness (QED) is 0.110. The Labute approximate surface area is 200 Å². The molecule has 0 aliphatic carbocycles. The summed E-state index contributed by atoms with van der Waals surface area (Å²) < 4.78 is 9.89. The number of hydrogen-bond acceptors (Lipinski definition) is 6. The highest BCUT2D eigenvalue weighted by atomic mass is 35.5. The zero-order valence-corrected chi connectivity index (χ0v) is 19.0. The molecular weight excluding hydrogens is 479 g/mol. The number of ether oxygens (including phenoxy) is 2. The molecule has 5 aromatic carbocycles. The third kappa shape index (κ3) is 2.09. The van der Waals surface area contributed by atoms with Gasteiger partial charge in [-0.15, -0.1) is 0 Å². The van der Waals surface area contributed by atoms with Crippen LogP contribution in [0.15, 0.2) is 24.3 Å². The van der Waals surface area contributed by atoms with Crippen molar-refractivity contribution in [3.8, 4) is 0 Å². The molecule has 0 N–H and O–H groups in total. The number of aryl methyl sites for hydroxylation is 2. The second-order valence-corrected chi connectivity index (χ2v) is 9.46. The molecule has 5 aromatic rings. The van der Waals surface area contributed by atoms with Crippen molar-refractivity contribution in [2.45, 2.75) is 13.8 Å². The van der Waals surface area contributed by atoms with E-state index >= 15 is 0 Å². The molecule has 34 heavy (non-hydrogen) atoms. The summed E-state index contributed by atoms with van der Waals surface area (Å²) in [5.41, 5.74) is 2.43. The first-order valence-electron chi connectivity index (χ1n) is 10.3. The van der Waals surface area contributed by atoms with Crippen LogP contribution in [0, 0.1) is 13.8 Å². The molecule has 2 heterocycles. The van der Waals surface area contributed by atoms with E-state index in [1.165, 1.54) is 12.1 Å². The van der Waals surface area contributed by atoms with E-state index in [4.69, 9.17) is 32.7 Å². The Morgan fingerprint density at radius 1 is 0.471 bits per heavy atom. The summed E-state index contributed by atoms with van der Waals surface area (Å²) in [7, 11) is 0. The fourth-order valence-corrected chi connectivity index (χ4v) is 6.24. The van der Waals surface area contributed by atoms with Gasteiger partial charge in [0.1, 0.15) is 0 Å². The number of carbonyl (C=O) groups is 4. The molecule has 0 bridgehead atoms. The number of hydrogen-bond donors (Lipinski definition) is 0. The second-order valence-electron chi connectivity index (χ2n) is 8.65. The molecule has 0 spiro atoms. The summed E-state index contributed by atoms with van der Waals surface area (Å²) in [4.78, 5) is 50.5. The smallest absolute Gasteiger partial charge is 0.346 e. The van der Waals surface area contributed by atoms with Gasteiger partial charge in [0, 0.05) is 42.4 Å². The van der Waals surface area contributed by atoms with Crippen LogP contribution >= 0.6 is 23.2 Å². The van der Waals surface area contributed by atoms with Crippen molar-refractivity contribution in [3.05, 3.63) is 67.7 Å². The molecule has 0 saturated carbocycles. The standard InChI is InChI=1S/C26H10Cl2O6/c1-7-3-9-17-11(25(31)33-23(9)29)5-13(27)19-20-14(28)6-12-18-10(24(30)34-26(12)32)4-8(2)16(22(18)20)15(7)21(17)19/h3-6H,1-2H3. The van der Waals surface area contributed by atoms with E-state index in [2.05, 4.69) is 0 Å². The third-order valence-corrected chi connectivity index (χ3v) is 7.45. The maximum absolute atomic E-state index is 12.6. The van der Waals surface area contributed by atoms with Crippen molar-refractivity contribution in [2.24, 2.45) is 0 Å². The van der Waals surface area contributed by atoms with Crippen molar-refractivity contribution >= 4 is 90.2 Å². The Morgan fingerprint density at radius 3 is 1.15 bits per heavy atom. The number of benzene rings is 5. The summed E-state index contributed by atoms with van der Waals surface area (Å²) in [5.74, 6) is -3.00. The first kappa shape index (κ1) is 19.7. The number of halogens is 2. The van der Waals surface area contributed by atoms with Crippen LogP contribution in [0.4, 0.5) is 0 Å². The number of esters is 4. The lowest BCUT2D eigenvalue weighted by Gasteiger charge is -2.26. The minimum Gasteiger partial charge on any atom is -0.386 e. The van der Waals surface area contributed by atoms with Gasteiger partial charge in [-0.05, 0) is 60.0 Å². The van der Waals surface area contributed by atoms with E-state index in [-0.39, 0.29) is 32.3 Å². The Morgan fingerprint density at radius 2 is 0.794 bits per heavy atom. The molecule has 0 atom stereocenters. The summed E-state index contributed by atoms with van der Waals surface area (Å²) in [6.45, 7) is 3.69. The largest absolute Gasteiger partial charge is 0.386 e. The maximum Gasteiger partial charge on any atom is 0.346 e. The van der Waals surface area contributed by atoms with Crippen LogP contribution < -0.4 is 0 Å². The van der Waals surface area contributed by atoms with Gasteiger partial charge in [-0.2, -0.15) is 0 Å². The maximum atomic E-state index is 12.6. The summed E-state index contributed by atoms with van der Waals surface area (Å²) in [5, 5.41) is 5.21. The Hall–Kier alpha value is -3.74. The topological polar surface area (TPSA) is 86.7 Å². The van der Waals surface area contributed by atoms with Crippen LogP contribution in [0.3, 0.4) is 0 Å². The van der Waals surface area contributed by atoms with E-state index < -0.39 is 23.9 Å². The van der Waals surface area contributed by atoms with Crippen molar-refractivity contribution < 1.29 is 28.7 Å². The first-order valence-corrected chi connectivity index (χ1v) is 11.1. The Balaban J connectivity index is 1.93. The molecule has 0 radical (unpaired) electrons. The molecule has 0 unspecified atom stereocenters. The monoisotopic (exact) mass is 488 g/mol. The minimum atomic E-state index is -0.770. The van der Waals surface area contributed by atoms with Gasteiger partial charge in [0.2, 0.25) is 0 Å². The highest BCUT2D eigenvalue weighted by Crippen LogP contribution is 2.51. The van der Waals surface area contributed by atoms with Crippen LogP contribution in [0.25, 0.3) is 43.1 Å². The van der Waals surface area contributed by atoms with Gasteiger partial charge >= 0.3 is 23.9 Å². The van der Waals surface area contributed by atoms with Gasteiger partial charge in [0.25, 0.3) is 0 Å². The second kappa shape index (κ2) is 6.03. The van der Waals surface area contributed by atoms with E-state index in [1.807, 2.05) is 13.8 Å². The average Bonchev–Trinajstić information content (AvgIpc) is 2.77. The molecule has 0 saturated heterocycles. The van der Waals surface area contributed by atoms with E-state index in [0.717, 1.165) is 21.9 Å². The SMILES string of the molecule is Cc1cc2c3c(cc(Cl)c4c5c(Cl)cc6c7c(cc(C)c(c1c34)c75)C(=O)OC6=O)C(=O)OC2=O. The lowest BCUT2D eigenvalue weighted by Crippen LogP contribution is -2.21. The van der Waals surface area contributed by atoms with Gasteiger partial charge in [-0.1, -0.05) is 23.2 Å². The van der Waals surface area contributed by atoms with Crippen LogP contribution in [0.5, 0.6) is 0 Å². The van der Waals surface area contributed by atoms with Crippen molar-refractivity contribution in [1.82, 2.24) is 0 Å². The van der Waals surface area contributed by atoms with Crippen LogP contribution in [0.2, 0.25) is 10.0 Å². The zero-order chi connectivity index (χ0) is 23.8. The van der Waals surface area contributed by atoms with Crippen LogP contribution in [0.1, 0.15) is 52.6 Å². The lowest BCUT2D eigenvalue weighted by atomic mass is 9.80. The van der Waals surface area contributed by atoms with Gasteiger partial charge in [-0.3, -0.25) is 0 Å². The van der Waals surface area contributed by atoms with Gasteiger partial charge < -0.3 is 9.47 Å². The Kier molecular flexibility index (Phi) is 3.49. The highest BCUT2D eigenvalue weighted by Gasteiger charge is 2.35. The summed E-state index contributed by atoms with van der Waals surface area (Å²) in [6, 6.07) is 6.32. The van der Waals surface area contributed by atoms with Gasteiger partial charge in [-0.25, -0.2) is 19.2 Å². The van der Waals surface area contributed by atoms with Crippen LogP contribution in [-0.2, 0) is 9.47 Å². The average molecular weight is 489 g/mol. The molecule has 2 aliphatic rings. The third-order valence-electron chi connectivity index (χ3n) is 6.86. The molecule has 2 aliphatic heterocycles. The van der Waals surface area contributed by atoms with Gasteiger partial charge in [0.15, 0.2) is 0 Å². The minimum absolute atomic E-state index is 0.196. The van der Waals surface area contributed by atoms with Crippen molar-refractivity contribution in [1.29, 1.82) is 0 Å². The molecule has 0 amide bonds. The number of rotatable bonds is 0.